The van der Waals surface area contributed by atoms with E-state index in [1.165, 1.54) is 0 Å². The van der Waals surface area contributed by atoms with Gasteiger partial charge in [0.2, 0.25) is 0 Å². The fraction of sp³-hybridized carbons (Fsp3) is 0.875. The molecule has 2 atom stereocenters. The first-order valence-electron chi connectivity index (χ1n) is 4.26. The average molecular weight is 172 g/mol. The highest BCUT2D eigenvalue weighted by Gasteiger charge is 2.26. The van der Waals surface area contributed by atoms with Crippen LogP contribution in [0, 0.1) is 5.92 Å². The molecule has 12 heavy (non-hydrogen) atoms. The molecule has 2 unspecified atom stereocenters. The summed E-state index contributed by atoms with van der Waals surface area (Å²) in [6.07, 6.45) is 0. The monoisotopic (exact) mass is 172 g/mol. The van der Waals surface area contributed by atoms with Crippen LogP contribution in [0.5, 0.6) is 0 Å². The second-order valence-electron chi connectivity index (χ2n) is 3.45. The van der Waals surface area contributed by atoms with Gasteiger partial charge in [-0.25, -0.2) is 0 Å². The van der Waals surface area contributed by atoms with Crippen molar-refractivity contribution < 1.29 is 9.90 Å². The van der Waals surface area contributed by atoms with Crippen LogP contribution in [0.3, 0.4) is 0 Å². The maximum atomic E-state index is 10.6. The van der Waals surface area contributed by atoms with Gasteiger partial charge in [-0.15, -0.1) is 0 Å². The van der Waals surface area contributed by atoms with Crippen molar-refractivity contribution in [2.24, 2.45) is 5.92 Å². The summed E-state index contributed by atoms with van der Waals surface area (Å²) in [5.74, 6) is -1.02. The van der Waals surface area contributed by atoms with Crippen LogP contribution in [0.1, 0.15) is 6.92 Å². The minimum atomic E-state index is -0.720. The molecular formula is C8H16N2O2. The van der Waals surface area contributed by atoms with Gasteiger partial charge in [0.25, 0.3) is 0 Å². The summed E-state index contributed by atoms with van der Waals surface area (Å²) in [7, 11) is 2.02. The fourth-order valence-electron chi connectivity index (χ4n) is 1.44. The maximum absolute atomic E-state index is 10.6. The van der Waals surface area contributed by atoms with E-state index < -0.39 is 5.97 Å². The molecule has 0 bridgehead atoms. The molecule has 0 saturated carbocycles. The number of hydrogen-bond donors (Lipinski definition) is 2. The number of rotatable bonds is 2. The Labute approximate surface area is 72.6 Å². The molecule has 1 saturated heterocycles. The molecule has 0 spiro atoms. The minimum absolute atomic E-state index is 0.0984. The van der Waals surface area contributed by atoms with E-state index in [1.807, 2.05) is 7.05 Å². The van der Waals surface area contributed by atoms with Crippen molar-refractivity contribution in [3.63, 3.8) is 0 Å². The van der Waals surface area contributed by atoms with Crippen LogP contribution in [0.4, 0.5) is 0 Å². The predicted molar refractivity (Wildman–Crippen MR) is 46.1 cm³/mol. The molecule has 0 aromatic heterocycles. The normalized spacial score (nSPS) is 28.3. The maximum Gasteiger partial charge on any atom is 0.307 e. The van der Waals surface area contributed by atoms with E-state index in [0.717, 1.165) is 19.6 Å². The molecule has 2 N–H and O–H groups in total. The number of nitrogens with one attached hydrogen (secondary N) is 1. The molecular weight excluding hydrogens is 156 g/mol. The second kappa shape index (κ2) is 3.87. The summed E-state index contributed by atoms with van der Waals surface area (Å²) in [6.45, 7) is 4.47. The van der Waals surface area contributed by atoms with E-state index >= 15 is 0 Å². The first-order chi connectivity index (χ1) is 5.61. The van der Waals surface area contributed by atoms with Crippen LogP contribution in [0.25, 0.3) is 0 Å². The van der Waals surface area contributed by atoms with Crippen LogP contribution in [-0.2, 0) is 4.79 Å². The molecule has 1 fully saturated rings. The molecule has 0 radical (unpaired) electrons. The standard InChI is InChI=1S/C8H16N2O2/c1-6(8(11)12)7-5-10(2)4-3-9-7/h6-7,9H,3-5H2,1-2H3,(H,11,12). The number of aliphatic carboxylic acids is 1. The predicted octanol–water partition coefficient (Wildman–Crippen LogP) is -0.389. The molecule has 70 valence electrons. The van der Waals surface area contributed by atoms with Gasteiger partial charge in [0.05, 0.1) is 5.92 Å². The van der Waals surface area contributed by atoms with Crippen LogP contribution < -0.4 is 5.32 Å². The summed E-state index contributed by atoms with van der Waals surface area (Å²) < 4.78 is 0. The second-order valence-corrected chi connectivity index (χ2v) is 3.45. The number of nitrogens with zero attached hydrogens (tertiary/aromatic N) is 1. The molecule has 0 aromatic carbocycles. The molecule has 1 aliphatic heterocycles. The lowest BCUT2D eigenvalue weighted by Crippen LogP contribution is -2.53. The molecule has 1 rings (SSSR count). The van der Waals surface area contributed by atoms with E-state index in [1.54, 1.807) is 6.92 Å². The summed E-state index contributed by atoms with van der Waals surface area (Å²) in [5.41, 5.74) is 0. The molecule has 4 nitrogen and oxygen atoms in total. The Bertz CT molecular complexity index is 172. The third-order valence-corrected chi connectivity index (χ3v) is 2.40. The molecule has 0 amide bonds. The van der Waals surface area contributed by atoms with Crippen molar-refractivity contribution in [1.82, 2.24) is 10.2 Å². The molecule has 0 aliphatic carbocycles. The zero-order chi connectivity index (χ0) is 9.14. The average Bonchev–Trinajstić information content (AvgIpc) is 2.03. The summed E-state index contributed by atoms with van der Waals surface area (Å²) in [5, 5.41) is 12.0. The first-order valence-corrected chi connectivity index (χ1v) is 4.26. The van der Waals surface area contributed by atoms with Gasteiger partial charge in [-0.2, -0.15) is 0 Å². The number of hydrogen-bond acceptors (Lipinski definition) is 3. The quantitative estimate of drug-likeness (QED) is 0.595. The summed E-state index contributed by atoms with van der Waals surface area (Å²) in [4.78, 5) is 12.8. The van der Waals surface area contributed by atoms with E-state index in [2.05, 4.69) is 10.2 Å². The van der Waals surface area contributed by atoms with Gasteiger partial charge in [-0.3, -0.25) is 4.79 Å². The van der Waals surface area contributed by atoms with Crippen molar-refractivity contribution in [3.05, 3.63) is 0 Å². The van der Waals surface area contributed by atoms with Gasteiger partial charge in [0.15, 0.2) is 0 Å². The Morgan fingerprint density at radius 2 is 2.42 bits per heavy atom. The molecule has 1 aliphatic rings. The number of carboxylic acids is 1. The van der Waals surface area contributed by atoms with Crippen LogP contribution >= 0.6 is 0 Å². The zero-order valence-electron chi connectivity index (χ0n) is 7.58. The smallest absolute Gasteiger partial charge is 0.307 e. The lowest BCUT2D eigenvalue weighted by molar-refractivity contribution is -0.142. The Hall–Kier alpha value is -0.610. The highest BCUT2D eigenvalue weighted by Crippen LogP contribution is 2.07. The Balaban J connectivity index is 2.45. The van der Waals surface area contributed by atoms with Crippen LogP contribution in [0.2, 0.25) is 0 Å². The SMILES string of the molecule is CC(C(=O)O)C1CN(C)CCN1. The minimum Gasteiger partial charge on any atom is -0.481 e. The number of piperazine rings is 1. The van der Waals surface area contributed by atoms with Crippen molar-refractivity contribution in [2.75, 3.05) is 26.7 Å². The zero-order valence-corrected chi connectivity index (χ0v) is 7.58. The summed E-state index contributed by atoms with van der Waals surface area (Å²) >= 11 is 0. The largest absolute Gasteiger partial charge is 0.481 e. The van der Waals surface area contributed by atoms with E-state index in [4.69, 9.17) is 5.11 Å². The highest BCUT2D eigenvalue weighted by molar-refractivity contribution is 5.70. The molecule has 1 heterocycles. The number of likely N-dealkylation sites (N-methyl/N-ethyl adjacent to an activating group) is 1. The van der Waals surface area contributed by atoms with Crippen molar-refractivity contribution in [2.45, 2.75) is 13.0 Å². The van der Waals surface area contributed by atoms with Crippen molar-refractivity contribution in [1.29, 1.82) is 0 Å². The third kappa shape index (κ3) is 2.19. The van der Waals surface area contributed by atoms with E-state index in [9.17, 15) is 4.79 Å². The van der Waals surface area contributed by atoms with Gasteiger partial charge >= 0.3 is 5.97 Å². The lowest BCUT2D eigenvalue weighted by atomic mass is 10.0. The lowest BCUT2D eigenvalue weighted by Gasteiger charge is -2.32. The van der Waals surface area contributed by atoms with Gasteiger partial charge in [-0.1, -0.05) is 6.92 Å². The van der Waals surface area contributed by atoms with E-state index in [-0.39, 0.29) is 12.0 Å². The van der Waals surface area contributed by atoms with Gasteiger partial charge in [0, 0.05) is 25.7 Å². The van der Waals surface area contributed by atoms with Gasteiger partial charge in [0.1, 0.15) is 0 Å². The number of carbonyl (C=O) groups is 1. The first kappa shape index (κ1) is 9.48. The Morgan fingerprint density at radius 3 is 2.92 bits per heavy atom. The van der Waals surface area contributed by atoms with Crippen molar-refractivity contribution >= 4 is 5.97 Å². The highest BCUT2D eigenvalue weighted by atomic mass is 16.4. The fourth-order valence-corrected chi connectivity index (χ4v) is 1.44. The molecule has 4 heteroatoms. The van der Waals surface area contributed by atoms with Gasteiger partial charge < -0.3 is 15.3 Å². The number of carboxylic acid groups (broad SMARTS) is 1. The van der Waals surface area contributed by atoms with Crippen LogP contribution in [-0.4, -0.2) is 48.7 Å². The summed E-state index contributed by atoms with van der Waals surface area (Å²) in [6, 6.07) is 0.0984. The Kier molecular flexibility index (Phi) is 3.05. The Morgan fingerprint density at radius 1 is 1.75 bits per heavy atom. The van der Waals surface area contributed by atoms with Crippen molar-refractivity contribution in [3.8, 4) is 0 Å². The van der Waals surface area contributed by atoms with E-state index in [0.29, 0.717) is 0 Å². The third-order valence-electron chi connectivity index (χ3n) is 2.40. The van der Waals surface area contributed by atoms with Crippen LogP contribution in [0.15, 0.2) is 0 Å². The topological polar surface area (TPSA) is 52.6 Å². The van der Waals surface area contributed by atoms with Gasteiger partial charge in [-0.05, 0) is 7.05 Å². The molecule has 0 aromatic rings.